The first-order valence-electron chi connectivity index (χ1n) is 4.70. The molecule has 0 saturated heterocycles. The van der Waals surface area contributed by atoms with E-state index < -0.39 is 17.6 Å². The summed E-state index contributed by atoms with van der Waals surface area (Å²) in [5, 5.41) is 0. The second-order valence-electron chi connectivity index (χ2n) is 3.41. The van der Waals surface area contributed by atoms with Crippen LogP contribution < -0.4 is 4.57 Å². The molecule has 0 fully saturated rings. The fraction of sp³-hybridized carbons (Fsp3) is 0.0833. The predicted molar refractivity (Wildman–Crippen MR) is 52.9 cm³/mol. The van der Waals surface area contributed by atoms with Crippen LogP contribution in [-0.4, -0.2) is 0 Å². The smallest absolute Gasteiger partial charge is 0.203 e. The average Bonchev–Trinajstić information content (AvgIpc) is 2.32. The second kappa shape index (κ2) is 3.96. The lowest BCUT2D eigenvalue weighted by Gasteiger charge is -2.01. The van der Waals surface area contributed by atoms with Gasteiger partial charge in [0.2, 0.25) is 5.69 Å². The van der Waals surface area contributed by atoms with Crippen LogP contribution in [0.25, 0.3) is 11.3 Å². The molecule has 0 aliphatic rings. The van der Waals surface area contributed by atoms with E-state index in [4.69, 9.17) is 0 Å². The molecule has 2 aromatic rings. The van der Waals surface area contributed by atoms with E-state index in [0.717, 1.165) is 10.6 Å². The number of nitrogens with zero attached hydrogens (tertiary/aromatic N) is 1. The fourth-order valence-corrected chi connectivity index (χ4v) is 1.52. The summed E-state index contributed by atoms with van der Waals surface area (Å²) in [5.41, 5.74) is 0.916. The Hall–Kier alpha value is -1.84. The van der Waals surface area contributed by atoms with E-state index in [1.807, 2.05) is 0 Å². The van der Waals surface area contributed by atoms with Crippen molar-refractivity contribution < 1.29 is 17.7 Å². The molecule has 0 atom stereocenters. The molecule has 16 heavy (non-hydrogen) atoms. The van der Waals surface area contributed by atoms with Crippen molar-refractivity contribution in [2.24, 2.45) is 7.05 Å². The van der Waals surface area contributed by atoms with Gasteiger partial charge in [-0.1, -0.05) is 18.2 Å². The van der Waals surface area contributed by atoms with Crippen LogP contribution in [0.1, 0.15) is 0 Å². The van der Waals surface area contributed by atoms with Crippen LogP contribution in [0.4, 0.5) is 13.2 Å². The summed E-state index contributed by atoms with van der Waals surface area (Å²) in [6.45, 7) is 0. The molecule has 2 rings (SSSR count). The number of halogens is 3. The van der Waals surface area contributed by atoms with E-state index in [9.17, 15) is 13.2 Å². The van der Waals surface area contributed by atoms with Crippen LogP contribution >= 0.6 is 0 Å². The topological polar surface area (TPSA) is 3.88 Å². The second-order valence-corrected chi connectivity index (χ2v) is 3.41. The van der Waals surface area contributed by atoms with Gasteiger partial charge in [-0.3, -0.25) is 0 Å². The summed E-state index contributed by atoms with van der Waals surface area (Å²) >= 11 is 0. The van der Waals surface area contributed by atoms with Crippen LogP contribution in [0.2, 0.25) is 0 Å². The van der Waals surface area contributed by atoms with Crippen LogP contribution in [0.3, 0.4) is 0 Å². The first kappa shape index (κ1) is 10.7. The zero-order chi connectivity index (χ0) is 11.7. The Morgan fingerprint density at radius 2 is 1.62 bits per heavy atom. The Labute approximate surface area is 90.8 Å². The van der Waals surface area contributed by atoms with Crippen molar-refractivity contribution in [2.75, 3.05) is 0 Å². The summed E-state index contributed by atoms with van der Waals surface area (Å²) in [6.07, 6.45) is 0. The molecule has 1 aromatic carbocycles. The molecule has 0 radical (unpaired) electrons. The Kier molecular flexibility index (Phi) is 2.64. The van der Waals surface area contributed by atoms with Gasteiger partial charge in [0.1, 0.15) is 7.05 Å². The van der Waals surface area contributed by atoms with Gasteiger partial charge in [-0.05, 0) is 12.1 Å². The van der Waals surface area contributed by atoms with Gasteiger partial charge in [0.05, 0.1) is 0 Å². The third kappa shape index (κ3) is 1.66. The molecule has 82 valence electrons. The van der Waals surface area contributed by atoms with Crippen molar-refractivity contribution >= 4 is 0 Å². The summed E-state index contributed by atoms with van der Waals surface area (Å²) in [4.78, 5) is 0. The number of hydrogen-bond acceptors (Lipinski definition) is 0. The molecule has 0 spiro atoms. The molecule has 1 heterocycles. The van der Waals surface area contributed by atoms with Crippen molar-refractivity contribution in [3.63, 3.8) is 0 Å². The molecule has 0 amide bonds. The standard InChI is InChI=1S/C12H9F3N/c1-16-10(8-5-3-2-4-6-8)7-9(13)11(14)12(16)15/h2-7H,1H3/q+1. The number of benzene rings is 1. The van der Waals surface area contributed by atoms with Crippen molar-refractivity contribution in [3.05, 3.63) is 54.0 Å². The van der Waals surface area contributed by atoms with Crippen LogP contribution in [0.5, 0.6) is 0 Å². The van der Waals surface area contributed by atoms with Gasteiger partial charge in [0.25, 0.3) is 5.82 Å². The van der Waals surface area contributed by atoms with Crippen molar-refractivity contribution in [2.45, 2.75) is 0 Å². The van der Waals surface area contributed by atoms with E-state index in [1.54, 1.807) is 30.3 Å². The monoisotopic (exact) mass is 224 g/mol. The molecule has 0 aliphatic carbocycles. The molecule has 1 nitrogen and oxygen atoms in total. The van der Waals surface area contributed by atoms with Crippen LogP contribution in [0, 0.1) is 17.6 Å². The minimum absolute atomic E-state index is 0.289. The van der Waals surface area contributed by atoms with Crippen molar-refractivity contribution in [1.82, 2.24) is 0 Å². The maximum absolute atomic E-state index is 13.3. The molecule has 0 aliphatic heterocycles. The summed E-state index contributed by atoms with van der Waals surface area (Å²) in [5.74, 6) is -3.85. The number of aromatic nitrogens is 1. The van der Waals surface area contributed by atoms with Crippen LogP contribution in [-0.2, 0) is 7.05 Å². The lowest BCUT2D eigenvalue weighted by atomic mass is 10.1. The summed E-state index contributed by atoms with van der Waals surface area (Å²) in [6, 6.07) is 9.66. The van der Waals surface area contributed by atoms with Crippen molar-refractivity contribution in [1.29, 1.82) is 0 Å². The zero-order valence-electron chi connectivity index (χ0n) is 8.55. The largest absolute Gasteiger partial charge is 0.399 e. The highest BCUT2D eigenvalue weighted by atomic mass is 19.2. The Morgan fingerprint density at radius 3 is 2.25 bits per heavy atom. The van der Waals surface area contributed by atoms with Gasteiger partial charge in [0, 0.05) is 11.6 Å². The lowest BCUT2D eigenvalue weighted by molar-refractivity contribution is -0.691. The summed E-state index contributed by atoms with van der Waals surface area (Å²) < 4.78 is 40.3. The minimum atomic E-state index is -1.46. The predicted octanol–water partition coefficient (Wildman–Crippen LogP) is 2.60. The maximum atomic E-state index is 13.3. The SMILES string of the molecule is C[n+]1c(-c2ccccc2)cc(F)c(F)c1F. The minimum Gasteiger partial charge on any atom is -0.203 e. The molecule has 1 aromatic heterocycles. The summed E-state index contributed by atoms with van der Waals surface area (Å²) in [7, 11) is 1.35. The molecule has 0 bridgehead atoms. The van der Waals surface area contributed by atoms with Crippen molar-refractivity contribution in [3.8, 4) is 11.3 Å². The normalized spacial score (nSPS) is 10.5. The Balaban J connectivity index is 2.68. The Bertz CT molecular complexity index is 524. The third-order valence-electron chi connectivity index (χ3n) is 2.38. The van der Waals surface area contributed by atoms with Gasteiger partial charge < -0.3 is 0 Å². The highest BCUT2D eigenvalue weighted by Crippen LogP contribution is 2.18. The number of hydrogen-bond donors (Lipinski definition) is 0. The highest BCUT2D eigenvalue weighted by Gasteiger charge is 2.24. The van der Waals surface area contributed by atoms with E-state index >= 15 is 0 Å². The first-order chi connectivity index (χ1) is 7.61. The fourth-order valence-electron chi connectivity index (χ4n) is 1.52. The van der Waals surface area contributed by atoms with Gasteiger partial charge in [-0.25, -0.2) is 4.39 Å². The third-order valence-corrected chi connectivity index (χ3v) is 2.38. The van der Waals surface area contributed by atoms with E-state index in [1.165, 1.54) is 7.05 Å². The van der Waals surface area contributed by atoms with Gasteiger partial charge in [-0.2, -0.15) is 8.96 Å². The number of pyridine rings is 1. The van der Waals surface area contributed by atoms with E-state index in [2.05, 4.69) is 0 Å². The van der Waals surface area contributed by atoms with Crippen LogP contribution in [0.15, 0.2) is 36.4 Å². The number of rotatable bonds is 1. The van der Waals surface area contributed by atoms with Gasteiger partial charge >= 0.3 is 5.95 Å². The van der Waals surface area contributed by atoms with E-state index in [-0.39, 0.29) is 5.69 Å². The quantitative estimate of drug-likeness (QED) is 0.518. The Morgan fingerprint density at radius 1 is 1.00 bits per heavy atom. The maximum Gasteiger partial charge on any atom is 0.399 e. The molecule has 4 heteroatoms. The molecule has 0 unspecified atom stereocenters. The molecular weight excluding hydrogens is 215 g/mol. The lowest BCUT2D eigenvalue weighted by Crippen LogP contribution is -2.37. The average molecular weight is 224 g/mol. The van der Waals surface area contributed by atoms with Gasteiger partial charge in [-0.15, -0.1) is 4.39 Å². The molecular formula is C12H9F3N+. The first-order valence-corrected chi connectivity index (χ1v) is 4.70. The zero-order valence-corrected chi connectivity index (χ0v) is 8.55. The van der Waals surface area contributed by atoms with Gasteiger partial charge in [0.15, 0.2) is 5.82 Å². The highest BCUT2D eigenvalue weighted by molar-refractivity contribution is 5.55. The molecule has 0 saturated carbocycles. The van der Waals surface area contributed by atoms with E-state index in [0.29, 0.717) is 5.56 Å². The molecule has 0 N–H and O–H groups in total.